The standard InChI is InChI=1S/C19H17N5OS/c20-11-13-3-5-14(6-4-13)19(25)21-15-7-8-24(12-15)18-10-16(22-23-18)17-2-1-9-26-17/h1-6,9-10,15H,7-8,12H2,(H,21,25)(H,22,23). The third-order valence-electron chi connectivity index (χ3n) is 4.47. The summed E-state index contributed by atoms with van der Waals surface area (Å²) in [6.07, 6.45) is 0.878. The number of carbonyl (C=O) groups is 1. The first kappa shape index (κ1) is 16.4. The molecule has 1 amide bonds. The molecular formula is C19H17N5OS. The van der Waals surface area contributed by atoms with Crippen molar-refractivity contribution in [2.75, 3.05) is 18.0 Å². The van der Waals surface area contributed by atoms with E-state index in [1.54, 1.807) is 35.6 Å². The summed E-state index contributed by atoms with van der Waals surface area (Å²) in [5, 5.41) is 21.4. The molecule has 2 aromatic heterocycles. The number of hydrogen-bond donors (Lipinski definition) is 2. The minimum atomic E-state index is -0.109. The fourth-order valence-electron chi connectivity index (χ4n) is 3.08. The number of nitriles is 1. The quantitative estimate of drug-likeness (QED) is 0.746. The lowest BCUT2D eigenvalue weighted by atomic mass is 10.1. The molecule has 3 aromatic rings. The van der Waals surface area contributed by atoms with Crippen LogP contribution in [0.1, 0.15) is 22.3 Å². The Hall–Kier alpha value is -3.11. The summed E-state index contributed by atoms with van der Waals surface area (Å²) >= 11 is 1.67. The van der Waals surface area contributed by atoms with Crippen molar-refractivity contribution in [3.05, 3.63) is 59.0 Å². The Balaban J connectivity index is 1.37. The summed E-state index contributed by atoms with van der Waals surface area (Å²) in [6.45, 7) is 1.59. The highest BCUT2D eigenvalue weighted by atomic mass is 32.1. The molecule has 0 saturated carbocycles. The van der Waals surface area contributed by atoms with Crippen molar-refractivity contribution in [3.63, 3.8) is 0 Å². The van der Waals surface area contributed by atoms with Crippen LogP contribution in [0.5, 0.6) is 0 Å². The van der Waals surface area contributed by atoms with E-state index in [9.17, 15) is 4.79 Å². The number of aromatic amines is 1. The zero-order valence-electron chi connectivity index (χ0n) is 14.0. The molecule has 1 aromatic carbocycles. The zero-order valence-corrected chi connectivity index (χ0v) is 14.8. The van der Waals surface area contributed by atoms with Crippen LogP contribution in [-0.2, 0) is 0 Å². The van der Waals surface area contributed by atoms with E-state index in [2.05, 4.69) is 38.6 Å². The second-order valence-corrected chi connectivity index (χ2v) is 7.16. The molecule has 7 heteroatoms. The lowest BCUT2D eigenvalue weighted by Crippen LogP contribution is -2.37. The highest BCUT2D eigenvalue weighted by Gasteiger charge is 2.26. The summed E-state index contributed by atoms with van der Waals surface area (Å²) in [6, 6.07) is 15.0. The number of nitrogens with one attached hydrogen (secondary N) is 2. The van der Waals surface area contributed by atoms with Crippen molar-refractivity contribution in [1.82, 2.24) is 15.5 Å². The van der Waals surface area contributed by atoms with Gasteiger partial charge in [0.25, 0.3) is 5.91 Å². The van der Waals surface area contributed by atoms with E-state index in [0.29, 0.717) is 11.1 Å². The molecule has 1 fully saturated rings. The van der Waals surface area contributed by atoms with E-state index in [-0.39, 0.29) is 11.9 Å². The first-order valence-electron chi connectivity index (χ1n) is 8.38. The maximum absolute atomic E-state index is 12.4. The highest BCUT2D eigenvalue weighted by molar-refractivity contribution is 7.13. The predicted molar refractivity (Wildman–Crippen MR) is 101 cm³/mol. The van der Waals surface area contributed by atoms with Crippen molar-refractivity contribution >= 4 is 23.1 Å². The molecule has 0 aliphatic carbocycles. The number of H-pyrrole nitrogens is 1. The summed E-state index contributed by atoms with van der Waals surface area (Å²) in [5.41, 5.74) is 2.14. The van der Waals surface area contributed by atoms with E-state index >= 15 is 0 Å². The molecule has 0 bridgehead atoms. The SMILES string of the molecule is N#Cc1ccc(C(=O)NC2CCN(c3cc(-c4cccs4)[nH]n3)C2)cc1. The maximum Gasteiger partial charge on any atom is 0.251 e. The van der Waals surface area contributed by atoms with Crippen LogP contribution < -0.4 is 10.2 Å². The molecule has 26 heavy (non-hydrogen) atoms. The molecule has 130 valence electrons. The molecule has 2 N–H and O–H groups in total. The van der Waals surface area contributed by atoms with Crippen LogP contribution in [0.4, 0.5) is 5.82 Å². The first-order chi connectivity index (χ1) is 12.7. The minimum Gasteiger partial charge on any atom is -0.353 e. The number of carbonyl (C=O) groups excluding carboxylic acids is 1. The number of rotatable bonds is 4. The lowest BCUT2D eigenvalue weighted by molar-refractivity contribution is 0.0940. The van der Waals surface area contributed by atoms with Crippen molar-refractivity contribution < 1.29 is 4.79 Å². The maximum atomic E-state index is 12.4. The number of hydrogen-bond acceptors (Lipinski definition) is 5. The Labute approximate surface area is 155 Å². The van der Waals surface area contributed by atoms with E-state index < -0.39 is 0 Å². The van der Waals surface area contributed by atoms with Crippen LogP contribution in [0.15, 0.2) is 47.8 Å². The smallest absolute Gasteiger partial charge is 0.251 e. The molecule has 4 rings (SSSR count). The van der Waals surface area contributed by atoms with Gasteiger partial charge in [0.1, 0.15) is 0 Å². The van der Waals surface area contributed by atoms with Gasteiger partial charge in [0.15, 0.2) is 5.82 Å². The van der Waals surface area contributed by atoms with Gasteiger partial charge in [-0.25, -0.2) is 0 Å². The van der Waals surface area contributed by atoms with Crippen LogP contribution in [-0.4, -0.2) is 35.2 Å². The van der Waals surface area contributed by atoms with E-state index in [1.165, 1.54) is 0 Å². The first-order valence-corrected chi connectivity index (χ1v) is 9.26. The van der Waals surface area contributed by atoms with Gasteiger partial charge >= 0.3 is 0 Å². The number of anilines is 1. The third kappa shape index (κ3) is 3.32. The molecule has 1 atom stereocenters. The molecule has 3 heterocycles. The Kier molecular flexibility index (Phi) is 4.42. The van der Waals surface area contributed by atoms with E-state index in [0.717, 1.165) is 35.9 Å². The second-order valence-electron chi connectivity index (χ2n) is 6.21. The molecule has 1 unspecified atom stereocenters. The van der Waals surface area contributed by atoms with Gasteiger partial charge in [-0.3, -0.25) is 9.89 Å². The molecule has 0 radical (unpaired) electrons. The Morgan fingerprint density at radius 1 is 1.35 bits per heavy atom. The van der Waals surface area contributed by atoms with Gasteiger partial charge in [0, 0.05) is 30.8 Å². The minimum absolute atomic E-state index is 0.0834. The summed E-state index contributed by atoms with van der Waals surface area (Å²) in [4.78, 5) is 15.7. The average molecular weight is 363 g/mol. The molecule has 6 nitrogen and oxygen atoms in total. The molecule has 1 aliphatic rings. The van der Waals surface area contributed by atoms with Gasteiger partial charge in [0.2, 0.25) is 0 Å². The van der Waals surface area contributed by atoms with Crippen LogP contribution in [0.25, 0.3) is 10.6 Å². The number of benzene rings is 1. The summed E-state index contributed by atoms with van der Waals surface area (Å²) in [7, 11) is 0. The van der Waals surface area contributed by atoms with Gasteiger partial charge in [-0.1, -0.05) is 6.07 Å². The van der Waals surface area contributed by atoms with Crippen LogP contribution in [0.3, 0.4) is 0 Å². The average Bonchev–Trinajstić information content (AvgIpc) is 3.41. The van der Waals surface area contributed by atoms with E-state index in [1.807, 2.05) is 11.4 Å². The Morgan fingerprint density at radius 3 is 2.92 bits per heavy atom. The number of aromatic nitrogens is 2. The fraction of sp³-hybridized carbons (Fsp3) is 0.211. The molecule has 1 saturated heterocycles. The lowest BCUT2D eigenvalue weighted by Gasteiger charge is -2.16. The Bertz CT molecular complexity index is 939. The highest BCUT2D eigenvalue weighted by Crippen LogP contribution is 2.27. The van der Waals surface area contributed by atoms with Crippen LogP contribution >= 0.6 is 11.3 Å². The number of amides is 1. The second kappa shape index (κ2) is 7.02. The van der Waals surface area contributed by atoms with Crippen molar-refractivity contribution in [1.29, 1.82) is 5.26 Å². The largest absolute Gasteiger partial charge is 0.353 e. The number of nitrogens with zero attached hydrogens (tertiary/aromatic N) is 3. The topological polar surface area (TPSA) is 84.8 Å². The van der Waals surface area contributed by atoms with Crippen molar-refractivity contribution in [2.45, 2.75) is 12.5 Å². The predicted octanol–water partition coefficient (Wildman–Crippen LogP) is 3.02. The molecule has 0 spiro atoms. The zero-order chi connectivity index (χ0) is 17.9. The van der Waals surface area contributed by atoms with Crippen molar-refractivity contribution in [3.8, 4) is 16.6 Å². The van der Waals surface area contributed by atoms with Crippen molar-refractivity contribution in [2.24, 2.45) is 0 Å². The van der Waals surface area contributed by atoms with Crippen LogP contribution in [0, 0.1) is 11.3 Å². The molecular weight excluding hydrogens is 346 g/mol. The van der Waals surface area contributed by atoms with Gasteiger partial charge in [-0.2, -0.15) is 10.4 Å². The normalized spacial score (nSPS) is 16.4. The Morgan fingerprint density at radius 2 is 2.19 bits per heavy atom. The monoisotopic (exact) mass is 363 g/mol. The van der Waals surface area contributed by atoms with Gasteiger partial charge < -0.3 is 10.2 Å². The summed E-state index contributed by atoms with van der Waals surface area (Å²) in [5.74, 6) is 0.797. The molecule has 1 aliphatic heterocycles. The van der Waals surface area contributed by atoms with Crippen LogP contribution in [0.2, 0.25) is 0 Å². The fourth-order valence-corrected chi connectivity index (χ4v) is 3.77. The van der Waals surface area contributed by atoms with Gasteiger partial charge in [-0.05, 0) is 42.1 Å². The van der Waals surface area contributed by atoms with Gasteiger partial charge in [-0.15, -0.1) is 11.3 Å². The third-order valence-corrected chi connectivity index (χ3v) is 5.38. The van der Waals surface area contributed by atoms with Gasteiger partial charge in [0.05, 0.1) is 22.2 Å². The summed E-state index contributed by atoms with van der Waals surface area (Å²) < 4.78 is 0. The van der Waals surface area contributed by atoms with E-state index in [4.69, 9.17) is 5.26 Å². The number of thiophene rings is 1.